The van der Waals surface area contributed by atoms with E-state index in [9.17, 15) is 9.18 Å². The number of halogens is 1. The van der Waals surface area contributed by atoms with Gasteiger partial charge in [-0.3, -0.25) is 4.79 Å². The Morgan fingerprint density at radius 2 is 1.80 bits per heavy atom. The zero-order chi connectivity index (χ0) is 17.5. The van der Waals surface area contributed by atoms with Crippen molar-refractivity contribution >= 4 is 12.1 Å². The Morgan fingerprint density at radius 3 is 2.48 bits per heavy atom. The van der Waals surface area contributed by atoms with Crippen LogP contribution in [0.15, 0.2) is 53.6 Å². The lowest BCUT2D eigenvalue weighted by atomic mass is 10.1. The second kappa shape index (κ2) is 8.50. The van der Waals surface area contributed by atoms with E-state index in [0.717, 1.165) is 32.8 Å². The van der Waals surface area contributed by atoms with E-state index < -0.39 is 0 Å². The average Bonchev–Trinajstić information content (AvgIpc) is 2.65. The van der Waals surface area contributed by atoms with Gasteiger partial charge in [0.1, 0.15) is 25.5 Å². The minimum Gasteiger partial charge on any atom is -0.370 e. The number of quaternary nitrogens is 1. The maximum atomic E-state index is 12.8. The van der Waals surface area contributed by atoms with Crippen LogP contribution in [0.4, 0.5) is 4.39 Å². The summed E-state index contributed by atoms with van der Waals surface area (Å²) in [5.41, 5.74) is 4.94. The number of carbonyl (C=O) groups excluding carboxylic acids is 1. The van der Waals surface area contributed by atoms with E-state index in [2.05, 4.69) is 10.5 Å². The van der Waals surface area contributed by atoms with Gasteiger partial charge in [0.05, 0.1) is 19.4 Å². The monoisotopic (exact) mass is 342 g/mol. The highest BCUT2D eigenvalue weighted by Crippen LogP contribution is 2.04. The lowest BCUT2D eigenvalue weighted by Gasteiger charge is -2.23. The summed E-state index contributed by atoms with van der Waals surface area (Å²) in [4.78, 5) is 13.6. The number of amides is 1. The van der Waals surface area contributed by atoms with E-state index in [1.54, 1.807) is 24.3 Å². The fourth-order valence-electron chi connectivity index (χ4n) is 2.68. The second-order valence-corrected chi connectivity index (χ2v) is 5.99. The third kappa shape index (κ3) is 5.20. The standard InChI is InChI=1S/C19H20FN3O2/c20-18-7-3-15(4-8-18)13-21-22-19(24)17-5-1-16(2-6-17)14-23-9-11-25-12-10-23/h1-8,13H,9-12,14H2,(H,22,24)/p+1. The van der Waals surface area contributed by atoms with Crippen LogP contribution in [0.25, 0.3) is 0 Å². The molecule has 5 nitrogen and oxygen atoms in total. The van der Waals surface area contributed by atoms with Gasteiger partial charge in [-0.05, 0) is 29.8 Å². The van der Waals surface area contributed by atoms with Gasteiger partial charge in [0.25, 0.3) is 5.91 Å². The van der Waals surface area contributed by atoms with Crippen LogP contribution in [-0.4, -0.2) is 38.4 Å². The molecular weight excluding hydrogens is 321 g/mol. The van der Waals surface area contributed by atoms with Crippen molar-refractivity contribution in [3.8, 4) is 0 Å². The van der Waals surface area contributed by atoms with E-state index >= 15 is 0 Å². The first-order valence-electron chi connectivity index (χ1n) is 8.30. The number of hydrogen-bond donors (Lipinski definition) is 2. The van der Waals surface area contributed by atoms with Crippen LogP contribution < -0.4 is 10.3 Å². The van der Waals surface area contributed by atoms with Crippen molar-refractivity contribution in [1.82, 2.24) is 5.43 Å². The number of hydrazone groups is 1. The molecule has 2 aromatic rings. The molecular formula is C19H21FN3O2+. The zero-order valence-electron chi connectivity index (χ0n) is 13.9. The minimum atomic E-state index is -0.305. The number of benzene rings is 2. The van der Waals surface area contributed by atoms with Crippen LogP contribution in [-0.2, 0) is 11.3 Å². The molecule has 1 aliphatic heterocycles. The van der Waals surface area contributed by atoms with E-state index in [4.69, 9.17) is 4.74 Å². The fourth-order valence-corrected chi connectivity index (χ4v) is 2.68. The Labute approximate surface area is 146 Å². The molecule has 0 unspecified atom stereocenters. The van der Waals surface area contributed by atoms with Crippen molar-refractivity contribution in [2.45, 2.75) is 6.54 Å². The van der Waals surface area contributed by atoms with E-state index in [1.165, 1.54) is 28.8 Å². The molecule has 1 amide bonds. The second-order valence-electron chi connectivity index (χ2n) is 5.99. The number of hydrogen-bond acceptors (Lipinski definition) is 3. The quantitative estimate of drug-likeness (QED) is 0.629. The van der Waals surface area contributed by atoms with Crippen LogP contribution in [0, 0.1) is 5.82 Å². The molecule has 1 heterocycles. The summed E-state index contributed by atoms with van der Waals surface area (Å²) >= 11 is 0. The average molecular weight is 342 g/mol. The van der Waals surface area contributed by atoms with Crippen molar-refractivity contribution < 1.29 is 18.8 Å². The van der Waals surface area contributed by atoms with E-state index in [0.29, 0.717) is 11.1 Å². The van der Waals surface area contributed by atoms with Gasteiger partial charge in [-0.2, -0.15) is 5.10 Å². The molecule has 25 heavy (non-hydrogen) atoms. The van der Waals surface area contributed by atoms with Gasteiger partial charge < -0.3 is 9.64 Å². The first-order chi connectivity index (χ1) is 12.2. The van der Waals surface area contributed by atoms with Gasteiger partial charge in [0, 0.05) is 11.1 Å². The topological polar surface area (TPSA) is 55.1 Å². The molecule has 3 rings (SSSR count). The highest BCUT2D eigenvalue weighted by molar-refractivity contribution is 5.94. The van der Waals surface area contributed by atoms with E-state index in [-0.39, 0.29) is 11.7 Å². The number of nitrogens with one attached hydrogen (secondary N) is 2. The number of nitrogens with zero attached hydrogens (tertiary/aromatic N) is 1. The van der Waals surface area contributed by atoms with Crippen molar-refractivity contribution in [3.05, 3.63) is 71.0 Å². The summed E-state index contributed by atoms with van der Waals surface area (Å²) in [6.45, 7) is 4.58. The first-order valence-corrected chi connectivity index (χ1v) is 8.30. The molecule has 0 bridgehead atoms. The van der Waals surface area contributed by atoms with Crippen molar-refractivity contribution in [1.29, 1.82) is 0 Å². The molecule has 2 aromatic carbocycles. The molecule has 0 aromatic heterocycles. The third-order valence-electron chi connectivity index (χ3n) is 4.12. The highest BCUT2D eigenvalue weighted by atomic mass is 19.1. The minimum absolute atomic E-state index is 0.274. The van der Waals surface area contributed by atoms with Gasteiger partial charge in [0.15, 0.2) is 0 Å². The number of ether oxygens (including phenoxy) is 1. The van der Waals surface area contributed by atoms with E-state index in [1.807, 2.05) is 12.1 Å². The number of rotatable bonds is 5. The van der Waals surface area contributed by atoms with Gasteiger partial charge >= 0.3 is 0 Å². The normalized spacial score (nSPS) is 15.4. The van der Waals surface area contributed by atoms with Crippen LogP contribution in [0.5, 0.6) is 0 Å². The molecule has 1 aliphatic rings. The number of carbonyl (C=O) groups is 1. The Balaban J connectivity index is 1.52. The molecule has 1 saturated heterocycles. The van der Waals surface area contributed by atoms with Gasteiger partial charge in [-0.25, -0.2) is 9.82 Å². The molecule has 1 fully saturated rings. The van der Waals surface area contributed by atoms with Crippen molar-refractivity contribution in [2.75, 3.05) is 26.3 Å². The lowest BCUT2D eigenvalue weighted by Crippen LogP contribution is -3.12. The summed E-state index contributed by atoms with van der Waals surface area (Å²) in [6, 6.07) is 13.4. The zero-order valence-corrected chi connectivity index (χ0v) is 13.9. The summed E-state index contributed by atoms with van der Waals surface area (Å²) in [5.74, 6) is -0.580. The van der Waals surface area contributed by atoms with Crippen LogP contribution in [0.1, 0.15) is 21.5 Å². The maximum absolute atomic E-state index is 12.8. The Kier molecular flexibility index (Phi) is 5.87. The molecule has 0 radical (unpaired) electrons. The molecule has 130 valence electrons. The third-order valence-corrected chi connectivity index (χ3v) is 4.12. The summed E-state index contributed by atoms with van der Waals surface area (Å²) in [5, 5.41) is 3.90. The predicted molar refractivity (Wildman–Crippen MR) is 93.1 cm³/mol. The molecule has 0 spiro atoms. The van der Waals surface area contributed by atoms with Crippen LogP contribution >= 0.6 is 0 Å². The largest absolute Gasteiger partial charge is 0.370 e. The molecule has 2 N–H and O–H groups in total. The summed E-state index contributed by atoms with van der Waals surface area (Å²) in [6.07, 6.45) is 1.48. The first kappa shape index (κ1) is 17.3. The van der Waals surface area contributed by atoms with Crippen LogP contribution in [0.2, 0.25) is 0 Å². The summed E-state index contributed by atoms with van der Waals surface area (Å²) in [7, 11) is 0. The maximum Gasteiger partial charge on any atom is 0.271 e. The van der Waals surface area contributed by atoms with Crippen molar-refractivity contribution in [2.24, 2.45) is 5.10 Å². The predicted octanol–water partition coefficient (Wildman–Crippen LogP) is 1.00. The number of morpholine rings is 1. The van der Waals surface area contributed by atoms with Crippen LogP contribution in [0.3, 0.4) is 0 Å². The van der Waals surface area contributed by atoms with Crippen molar-refractivity contribution in [3.63, 3.8) is 0 Å². The molecule has 0 aliphatic carbocycles. The Hall–Kier alpha value is -2.57. The van der Waals surface area contributed by atoms with Gasteiger partial charge in [-0.15, -0.1) is 0 Å². The fraction of sp³-hybridized carbons (Fsp3) is 0.263. The van der Waals surface area contributed by atoms with Gasteiger partial charge in [0.2, 0.25) is 0 Å². The Morgan fingerprint density at radius 1 is 1.12 bits per heavy atom. The SMILES string of the molecule is O=C(NN=Cc1ccc(F)cc1)c1ccc(C[NH+]2CCOCC2)cc1. The smallest absolute Gasteiger partial charge is 0.271 e. The lowest BCUT2D eigenvalue weighted by molar-refractivity contribution is -0.921. The van der Waals surface area contributed by atoms with Gasteiger partial charge in [-0.1, -0.05) is 24.3 Å². The Bertz CT molecular complexity index is 723. The highest BCUT2D eigenvalue weighted by Gasteiger charge is 2.14. The molecule has 6 heteroatoms. The molecule has 0 saturated carbocycles. The summed E-state index contributed by atoms with van der Waals surface area (Å²) < 4.78 is 18.2. The molecule has 0 atom stereocenters.